The van der Waals surface area contributed by atoms with E-state index in [0.717, 1.165) is 5.56 Å². The zero-order valence-corrected chi connectivity index (χ0v) is 14.7. The molecule has 0 aliphatic rings. The summed E-state index contributed by atoms with van der Waals surface area (Å²) in [5, 5.41) is 0.575. The Balaban J connectivity index is 1.92. The SMILES string of the molecule is Nc1oc2c(C#Cc3ccccc3)ncc(-c3ccc(F)c(Cl)c3)c2c1N. The minimum Gasteiger partial charge on any atom is -0.436 e. The molecule has 27 heavy (non-hydrogen) atoms. The lowest BCUT2D eigenvalue weighted by atomic mass is 10.0. The van der Waals surface area contributed by atoms with Gasteiger partial charge in [-0.05, 0) is 35.7 Å². The molecular weight excluding hydrogens is 365 g/mol. The van der Waals surface area contributed by atoms with Gasteiger partial charge in [-0.25, -0.2) is 9.37 Å². The lowest BCUT2D eigenvalue weighted by Gasteiger charge is -2.06. The molecule has 0 spiro atoms. The summed E-state index contributed by atoms with van der Waals surface area (Å²) in [7, 11) is 0. The van der Waals surface area contributed by atoms with Gasteiger partial charge in [-0.15, -0.1) is 0 Å². The molecule has 0 amide bonds. The Morgan fingerprint density at radius 1 is 1.04 bits per heavy atom. The average Bonchev–Trinajstić information content (AvgIpc) is 2.98. The van der Waals surface area contributed by atoms with E-state index >= 15 is 0 Å². The van der Waals surface area contributed by atoms with Crippen molar-refractivity contribution in [2.24, 2.45) is 0 Å². The quantitative estimate of drug-likeness (QED) is 0.465. The zero-order chi connectivity index (χ0) is 19.0. The van der Waals surface area contributed by atoms with E-state index in [0.29, 0.717) is 27.8 Å². The van der Waals surface area contributed by atoms with Crippen LogP contribution in [0.3, 0.4) is 0 Å². The van der Waals surface area contributed by atoms with Crippen molar-refractivity contribution in [2.75, 3.05) is 11.5 Å². The minimum absolute atomic E-state index is 0.00336. The molecule has 0 bridgehead atoms. The van der Waals surface area contributed by atoms with Crippen LogP contribution in [-0.4, -0.2) is 4.98 Å². The van der Waals surface area contributed by atoms with Crippen LogP contribution in [0, 0.1) is 17.7 Å². The van der Waals surface area contributed by atoms with Gasteiger partial charge in [0.05, 0.1) is 10.4 Å². The molecule has 2 heterocycles. The summed E-state index contributed by atoms with van der Waals surface area (Å²) in [6.07, 6.45) is 1.60. The normalized spacial score (nSPS) is 10.6. The van der Waals surface area contributed by atoms with Crippen molar-refractivity contribution in [3.63, 3.8) is 0 Å². The van der Waals surface area contributed by atoms with Crippen LogP contribution < -0.4 is 11.5 Å². The van der Waals surface area contributed by atoms with Crippen LogP contribution in [0.2, 0.25) is 5.02 Å². The Kier molecular flexibility index (Phi) is 4.19. The largest absolute Gasteiger partial charge is 0.436 e. The van der Waals surface area contributed by atoms with Crippen LogP contribution >= 0.6 is 11.6 Å². The summed E-state index contributed by atoms with van der Waals surface area (Å²) in [6, 6.07) is 13.9. The van der Waals surface area contributed by atoms with E-state index in [-0.39, 0.29) is 16.6 Å². The molecule has 0 atom stereocenters. The summed E-state index contributed by atoms with van der Waals surface area (Å²) < 4.78 is 19.1. The van der Waals surface area contributed by atoms with Crippen LogP contribution in [0.5, 0.6) is 0 Å². The smallest absolute Gasteiger partial charge is 0.215 e. The molecule has 0 saturated heterocycles. The van der Waals surface area contributed by atoms with E-state index in [4.69, 9.17) is 27.5 Å². The van der Waals surface area contributed by atoms with Gasteiger partial charge in [0.1, 0.15) is 11.5 Å². The van der Waals surface area contributed by atoms with Crippen molar-refractivity contribution in [3.05, 3.63) is 76.8 Å². The fourth-order valence-electron chi connectivity index (χ4n) is 2.77. The van der Waals surface area contributed by atoms with E-state index in [1.165, 1.54) is 12.1 Å². The number of nitrogen functional groups attached to an aromatic ring is 2. The number of nitrogens with zero attached hydrogens (tertiary/aromatic N) is 1. The van der Waals surface area contributed by atoms with E-state index in [1.54, 1.807) is 12.3 Å². The van der Waals surface area contributed by atoms with Gasteiger partial charge in [-0.2, -0.15) is 0 Å². The molecule has 0 aliphatic heterocycles. The molecule has 0 fully saturated rings. The minimum atomic E-state index is -0.505. The Morgan fingerprint density at radius 3 is 2.56 bits per heavy atom. The highest BCUT2D eigenvalue weighted by atomic mass is 35.5. The standard InChI is InChI=1S/C21H13ClFN3O/c22-15-10-13(7-8-16(15)23)14-11-26-17(9-6-12-4-2-1-3-5-12)20-18(14)19(24)21(25)27-20/h1-5,7-8,10-11H,24-25H2. The maximum atomic E-state index is 13.5. The van der Waals surface area contributed by atoms with E-state index in [9.17, 15) is 4.39 Å². The Bertz CT molecular complexity index is 1220. The number of benzene rings is 2. The number of fused-ring (bicyclic) bond motifs is 1. The summed E-state index contributed by atoms with van der Waals surface area (Å²) >= 11 is 5.91. The molecule has 4 N–H and O–H groups in total. The summed E-state index contributed by atoms with van der Waals surface area (Å²) in [4.78, 5) is 4.39. The number of furan rings is 1. The highest BCUT2D eigenvalue weighted by molar-refractivity contribution is 6.31. The molecule has 2 aromatic heterocycles. The maximum absolute atomic E-state index is 13.5. The third kappa shape index (κ3) is 3.07. The molecular formula is C21H13ClFN3O. The molecule has 4 rings (SSSR count). The van der Waals surface area contributed by atoms with Gasteiger partial charge in [-0.1, -0.05) is 41.8 Å². The van der Waals surface area contributed by atoms with Crippen LogP contribution in [0.1, 0.15) is 11.3 Å². The molecule has 132 valence electrons. The number of anilines is 2. The van der Waals surface area contributed by atoms with Crippen molar-refractivity contribution >= 4 is 34.1 Å². The molecule has 0 unspecified atom stereocenters. The number of hydrogen-bond acceptors (Lipinski definition) is 4. The third-order valence-electron chi connectivity index (χ3n) is 4.11. The summed E-state index contributed by atoms with van der Waals surface area (Å²) in [5.74, 6) is 5.60. The second-order valence-corrected chi connectivity index (χ2v) is 6.26. The predicted octanol–water partition coefficient (Wildman–Crippen LogP) is 4.85. The van der Waals surface area contributed by atoms with Gasteiger partial charge >= 0.3 is 0 Å². The fraction of sp³-hybridized carbons (Fsp3) is 0. The molecule has 6 heteroatoms. The average molecular weight is 378 g/mol. The number of halogens is 2. The van der Waals surface area contributed by atoms with Crippen LogP contribution in [-0.2, 0) is 0 Å². The molecule has 0 saturated carbocycles. The first-order chi connectivity index (χ1) is 13.0. The first-order valence-corrected chi connectivity index (χ1v) is 8.41. The summed E-state index contributed by atoms with van der Waals surface area (Å²) in [6.45, 7) is 0. The third-order valence-corrected chi connectivity index (χ3v) is 4.40. The van der Waals surface area contributed by atoms with Gasteiger partial charge in [0.15, 0.2) is 11.3 Å². The molecule has 0 radical (unpaired) electrons. The van der Waals surface area contributed by atoms with E-state index in [2.05, 4.69) is 16.8 Å². The lowest BCUT2D eigenvalue weighted by Crippen LogP contribution is -1.92. The number of rotatable bonds is 1. The van der Waals surface area contributed by atoms with E-state index in [1.807, 2.05) is 30.3 Å². The van der Waals surface area contributed by atoms with Crippen molar-refractivity contribution < 1.29 is 8.81 Å². The first kappa shape index (κ1) is 17.0. The monoisotopic (exact) mass is 377 g/mol. The maximum Gasteiger partial charge on any atom is 0.215 e. The fourth-order valence-corrected chi connectivity index (χ4v) is 2.95. The highest BCUT2D eigenvalue weighted by Crippen LogP contribution is 2.39. The second kappa shape index (κ2) is 6.67. The Morgan fingerprint density at radius 2 is 1.81 bits per heavy atom. The highest BCUT2D eigenvalue weighted by Gasteiger charge is 2.18. The van der Waals surface area contributed by atoms with Crippen molar-refractivity contribution in [1.29, 1.82) is 0 Å². The molecule has 4 nitrogen and oxygen atoms in total. The molecule has 0 aliphatic carbocycles. The second-order valence-electron chi connectivity index (χ2n) is 5.85. The number of pyridine rings is 1. The van der Waals surface area contributed by atoms with Gasteiger partial charge < -0.3 is 15.9 Å². The van der Waals surface area contributed by atoms with Crippen LogP contribution in [0.15, 0.2) is 59.1 Å². The molecule has 4 aromatic rings. The number of hydrogen-bond donors (Lipinski definition) is 2. The van der Waals surface area contributed by atoms with Gasteiger partial charge in [-0.3, -0.25) is 0 Å². The van der Waals surface area contributed by atoms with Gasteiger partial charge in [0.2, 0.25) is 5.88 Å². The van der Waals surface area contributed by atoms with Crippen LogP contribution in [0.25, 0.3) is 22.1 Å². The zero-order valence-electron chi connectivity index (χ0n) is 14.0. The predicted molar refractivity (Wildman–Crippen MR) is 106 cm³/mol. The lowest BCUT2D eigenvalue weighted by molar-refractivity contribution is 0.628. The van der Waals surface area contributed by atoms with Crippen LogP contribution in [0.4, 0.5) is 16.0 Å². The summed E-state index contributed by atoms with van der Waals surface area (Å²) in [5.41, 5.74) is 15.2. The van der Waals surface area contributed by atoms with Crippen molar-refractivity contribution in [2.45, 2.75) is 0 Å². The van der Waals surface area contributed by atoms with E-state index < -0.39 is 5.82 Å². The number of aromatic nitrogens is 1. The van der Waals surface area contributed by atoms with Crippen molar-refractivity contribution in [1.82, 2.24) is 4.98 Å². The first-order valence-electron chi connectivity index (χ1n) is 8.03. The van der Waals surface area contributed by atoms with Crippen molar-refractivity contribution in [3.8, 4) is 23.0 Å². The molecule has 2 aromatic carbocycles. The Hall–Kier alpha value is -3.49. The topological polar surface area (TPSA) is 78.1 Å². The Labute approximate surface area is 159 Å². The van der Waals surface area contributed by atoms with Gasteiger partial charge in [0, 0.05) is 17.3 Å². The number of nitrogens with two attached hydrogens (primary N) is 2. The van der Waals surface area contributed by atoms with Gasteiger partial charge in [0.25, 0.3) is 0 Å².